The van der Waals surface area contributed by atoms with E-state index in [2.05, 4.69) is 36.9 Å². The molecule has 5 rings (SSSR count). The molecule has 2 heterocycles. The summed E-state index contributed by atoms with van der Waals surface area (Å²) >= 11 is 3.32. The molecule has 2 aromatic carbocycles. The van der Waals surface area contributed by atoms with E-state index in [4.69, 9.17) is 4.42 Å². The highest BCUT2D eigenvalue weighted by Gasteiger charge is 2.29. The van der Waals surface area contributed by atoms with Crippen molar-refractivity contribution in [2.75, 3.05) is 5.01 Å². The van der Waals surface area contributed by atoms with Gasteiger partial charge < -0.3 is 4.42 Å². The normalized spacial score (nSPS) is 13.6. The molecule has 0 aliphatic heterocycles. The summed E-state index contributed by atoms with van der Waals surface area (Å²) in [5, 5.41) is 6.12. The van der Waals surface area contributed by atoms with Crippen LogP contribution in [-0.4, -0.2) is 22.5 Å². The second-order valence-corrected chi connectivity index (χ2v) is 9.46. The Morgan fingerprint density at radius 2 is 1.65 bits per heavy atom. The van der Waals surface area contributed by atoms with E-state index in [1.807, 2.05) is 67.6 Å². The maximum absolute atomic E-state index is 13.5. The lowest BCUT2D eigenvalue weighted by atomic mass is 9.93. The van der Waals surface area contributed by atoms with Gasteiger partial charge in [0.25, 0.3) is 5.91 Å². The van der Waals surface area contributed by atoms with E-state index in [1.54, 1.807) is 17.3 Å². The van der Waals surface area contributed by atoms with Crippen LogP contribution in [0.4, 0.5) is 11.4 Å². The fourth-order valence-electron chi connectivity index (χ4n) is 4.30. The van der Waals surface area contributed by atoms with Gasteiger partial charge in [-0.05, 0) is 66.0 Å². The molecule has 2 amide bonds. The molecule has 0 spiro atoms. The summed E-state index contributed by atoms with van der Waals surface area (Å²) in [6.45, 7) is 1.84. The number of nitrogens with one attached hydrogen (secondary N) is 2. The van der Waals surface area contributed by atoms with Crippen molar-refractivity contribution in [1.29, 1.82) is 0 Å². The van der Waals surface area contributed by atoms with Crippen molar-refractivity contribution in [3.63, 3.8) is 0 Å². The molecule has 0 atom stereocenters. The highest BCUT2D eigenvalue weighted by atomic mass is 79.9. The monoisotopic (exact) mass is 557 g/mol. The lowest BCUT2D eigenvalue weighted by molar-refractivity contribution is 0.0921. The van der Waals surface area contributed by atoms with E-state index in [-0.39, 0.29) is 17.6 Å². The number of para-hydroxylation sites is 2. The number of hydrogen-bond acceptors (Lipinski definition) is 6. The number of nitrogens with zero attached hydrogens (tertiary/aromatic N) is 3. The van der Waals surface area contributed by atoms with E-state index in [0.717, 1.165) is 23.4 Å². The summed E-state index contributed by atoms with van der Waals surface area (Å²) in [5.74, 6) is 0.174. The number of fused-ring (bicyclic) bond motifs is 1. The van der Waals surface area contributed by atoms with Crippen molar-refractivity contribution >= 4 is 44.8 Å². The van der Waals surface area contributed by atoms with Crippen molar-refractivity contribution in [1.82, 2.24) is 15.8 Å². The number of amides is 2. The number of pyridine rings is 1. The van der Waals surface area contributed by atoms with E-state index in [1.165, 1.54) is 6.20 Å². The fourth-order valence-corrected chi connectivity index (χ4v) is 4.66. The topological polar surface area (TPSA) is 99.8 Å². The predicted molar refractivity (Wildman–Crippen MR) is 145 cm³/mol. The van der Waals surface area contributed by atoms with Gasteiger partial charge in [-0.3, -0.25) is 25.0 Å². The van der Waals surface area contributed by atoms with E-state index in [9.17, 15) is 9.59 Å². The highest BCUT2D eigenvalue weighted by Crippen LogP contribution is 2.31. The molecule has 0 radical (unpaired) electrons. The summed E-state index contributed by atoms with van der Waals surface area (Å²) in [5.41, 5.74) is 9.75. The Morgan fingerprint density at radius 1 is 0.973 bits per heavy atom. The van der Waals surface area contributed by atoms with Crippen LogP contribution < -0.4 is 15.9 Å². The Kier molecular flexibility index (Phi) is 7.14. The maximum Gasteiger partial charge on any atom is 0.306 e. The maximum atomic E-state index is 13.5. The second-order valence-electron chi connectivity index (χ2n) is 8.55. The minimum Gasteiger partial charge on any atom is -0.455 e. The third kappa shape index (κ3) is 5.31. The lowest BCUT2D eigenvalue weighted by Crippen LogP contribution is -2.39. The number of hydrogen-bond donors (Lipinski definition) is 2. The first-order chi connectivity index (χ1) is 18.0. The highest BCUT2D eigenvalue weighted by molar-refractivity contribution is 9.10. The summed E-state index contributed by atoms with van der Waals surface area (Å²) in [7, 11) is 0. The molecule has 0 unspecified atom stereocenters. The van der Waals surface area contributed by atoms with Crippen LogP contribution in [0.25, 0.3) is 0 Å². The van der Waals surface area contributed by atoms with Crippen LogP contribution in [-0.2, 0) is 6.42 Å². The SMILES string of the molecule is Cc1c(C(=O)NN(c2ccccc2)c2ccccc2)oc2c1/C(=N/NC(=O)c1cncc(Br)c1)CCC2. The Balaban J connectivity index is 1.41. The zero-order chi connectivity index (χ0) is 25.8. The number of carbonyl (C=O) groups is 2. The summed E-state index contributed by atoms with van der Waals surface area (Å²) < 4.78 is 6.76. The van der Waals surface area contributed by atoms with Crippen LogP contribution in [0.3, 0.4) is 0 Å². The lowest BCUT2D eigenvalue weighted by Gasteiger charge is -2.25. The summed E-state index contributed by atoms with van der Waals surface area (Å²) in [4.78, 5) is 30.1. The number of furan rings is 1. The first kappa shape index (κ1) is 24.5. The number of aromatic nitrogens is 1. The molecular formula is C28H24BrN5O3. The number of anilines is 2. The number of hydrazine groups is 1. The van der Waals surface area contributed by atoms with E-state index >= 15 is 0 Å². The molecule has 2 N–H and O–H groups in total. The van der Waals surface area contributed by atoms with Crippen molar-refractivity contribution in [3.05, 3.63) is 112 Å². The van der Waals surface area contributed by atoms with Gasteiger partial charge in [-0.25, -0.2) is 5.43 Å². The number of hydrazone groups is 1. The van der Waals surface area contributed by atoms with Crippen LogP contribution >= 0.6 is 15.9 Å². The standard InChI is InChI=1S/C28H24BrN5O3/c1-18-25-23(31-32-27(35)19-15-20(29)17-30-16-19)13-8-14-24(25)37-26(18)28(36)33-34(21-9-4-2-5-10-21)22-11-6-3-7-12-22/h2-7,9-12,15-17H,8,13-14H2,1H3,(H,32,35)(H,33,36)/b31-23+. The average Bonchev–Trinajstić information content (AvgIpc) is 3.28. The molecule has 37 heavy (non-hydrogen) atoms. The Hall–Kier alpha value is -4.24. The third-order valence-electron chi connectivity index (χ3n) is 6.03. The first-order valence-corrected chi connectivity index (χ1v) is 12.6. The van der Waals surface area contributed by atoms with Gasteiger partial charge in [0.05, 0.1) is 22.6 Å². The van der Waals surface area contributed by atoms with Crippen LogP contribution in [0.15, 0.2) is 93.1 Å². The number of aryl methyl sites for hydroxylation is 1. The van der Waals surface area contributed by atoms with Gasteiger partial charge in [-0.1, -0.05) is 36.4 Å². The molecule has 186 valence electrons. The van der Waals surface area contributed by atoms with E-state index in [0.29, 0.717) is 39.9 Å². The molecule has 0 fully saturated rings. The Bertz CT molecular complexity index is 1430. The number of rotatable bonds is 6. The van der Waals surface area contributed by atoms with Crippen LogP contribution in [0.1, 0.15) is 50.6 Å². The van der Waals surface area contributed by atoms with Gasteiger partial charge in [-0.2, -0.15) is 5.10 Å². The van der Waals surface area contributed by atoms with Crippen molar-refractivity contribution < 1.29 is 14.0 Å². The zero-order valence-electron chi connectivity index (χ0n) is 20.1. The van der Waals surface area contributed by atoms with Gasteiger partial charge in [-0.15, -0.1) is 0 Å². The molecule has 8 nitrogen and oxygen atoms in total. The van der Waals surface area contributed by atoms with Crippen molar-refractivity contribution in [2.24, 2.45) is 5.10 Å². The molecule has 0 saturated heterocycles. The molecule has 2 aromatic heterocycles. The number of halogens is 1. The number of benzene rings is 2. The van der Waals surface area contributed by atoms with Crippen LogP contribution in [0.2, 0.25) is 0 Å². The van der Waals surface area contributed by atoms with E-state index < -0.39 is 0 Å². The van der Waals surface area contributed by atoms with Crippen LogP contribution in [0, 0.1) is 6.92 Å². The number of carbonyl (C=O) groups excluding carboxylic acids is 2. The molecule has 0 saturated carbocycles. The minimum atomic E-state index is -0.372. The summed E-state index contributed by atoms with van der Waals surface area (Å²) in [6, 6.07) is 20.8. The quantitative estimate of drug-likeness (QED) is 0.296. The minimum absolute atomic E-state index is 0.221. The molecule has 1 aliphatic carbocycles. The molecule has 4 aromatic rings. The van der Waals surface area contributed by atoms with Gasteiger partial charge in [0.15, 0.2) is 5.76 Å². The van der Waals surface area contributed by atoms with Gasteiger partial charge >= 0.3 is 5.91 Å². The molecule has 9 heteroatoms. The second kappa shape index (κ2) is 10.8. The Morgan fingerprint density at radius 3 is 2.30 bits per heavy atom. The van der Waals surface area contributed by atoms with Crippen molar-refractivity contribution in [2.45, 2.75) is 26.2 Å². The molecule has 1 aliphatic rings. The van der Waals surface area contributed by atoms with Gasteiger partial charge in [0, 0.05) is 34.4 Å². The molecular weight excluding hydrogens is 534 g/mol. The fraction of sp³-hybridized carbons (Fsp3) is 0.143. The average molecular weight is 558 g/mol. The molecule has 0 bridgehead atoms. The zero-order valence-corrected chi connectivity index (χ0v) is 21.7. The van der Waals surface area contributed by atoms with Crippen LogP contribution in [0.5, 0.6) is 0 Å². The smallest absolute Gasteiger partial charge is 0.306 e. The third-order valence-corrected chi connectivity index (χ3v) is 6.47. The van der Waals surface area contributed by atoms with Gasteiger partial charge in [0.1, 0.15) is 5.76 Å². The predicted octanol–water partition coefficient (Wildman–Crippen LogP) is 5.70. The van der Waals surface area contributed by atoms with Crippen molar-refractivity contribution in [3.8, 4) is 0 Å². The Labute approximate surface area is 222 Å². The first-order valence-electron chi connectivity index (χ1n) is 11.8. The van der Waals surface area contributed by atoms with Gasteiger partial charge in [0.2, 0.25) is 0 Å². The summed E-state index contributed by atoms with van der Waals surface area (Å²) in [6.07, 6.45) is 5.23. The largest absolute Gasteiger partial charge is 0.455 e.